The number of nitrogens with zero attached hydrogens (tertiary/aromatic N) is 1. The highest BCUT2D eigenvalue weighted by Gasteiger charge is 2.36. The highest BCUT2D eigenvalue weighted by atomic mass is 35.5. The van der Waals surface area contributed by atoms with E-state index >= 15 is 0 Å². The monoisotopic (exact) mass is 396 g/mol. The van der Waals surface area contributed by atoms with E-state index in [0.717, 1.165) is 0 Å². The molecule has 1 heterocycles. The largest absolute Gasteiger partial charge is 0.348 e. The van der Waals surface area contributed by atoms with Gasteiger partial charge in [-0.05, 0) is 24.3 Å². The van der Waals surface area contributed by atoms with E-state index in [0.29, 0.717) is 9.87 Å². The van der Waals surface area contributed by atoms with Gasteiger partial charge in [0.05, 0.1) is 22.0 Å². The second-order valence-electron chi connectivity index (χ2n) is 5.66. The van der Waals surface area contributed by atoms with Gasteiger partial charge in [0.25, 0.3) is 5.91 Å². The molecule has 2 amide bonds. The van der Waals surface area contributed by atoms with E-state index in [-0.39, 0.29) is 35.0 Å². The van der Waals surface area contributed by atoms with Gasteiger partial charge >= 0.3 is 0 Å². The molecule has 1 fully saturated rings. The third-order valence-electron chi connectivity index (χ3n) is 3.90. The molecule has 1 aliphatic heterocycles. The highest BCUT2D eigenvalue weighted by molar-refractivity contribution is 7.94. The molecule has 6 nitrogen and oxygen atoms in total. The van der Waals surface area contributed by atoms with Gasteiger partial charge < -0.3 is 5.32 Å². The summed E-state index contributed by atoms with van der Waals surface area (Å²) in [7, 11) is -3.75. The standard InChI is InChI=1S/C17H14ClFN2O4S/c18-14-6-5-12(21-16(22)7-8-26(21,24)25)9-13(14)17(23)20-10-11-3-1-2-4-15(11)19/h1-6,9H,7-8,10H2,(H,20,23). The van der Waals surface area contributed by atoms with Crippen LogP contribution in [0.3, 0.4) is 0 Å². The molecular formula is C17H14ClFN2O4S. The number of halogens is 2. The van der Waals surface area contributed by atoms with Crippen molar-refractivity contribution in [3.8, 4) is 0 Å². The number of nitrogens with one attached hydrogen (secondary N) is 1. The average molecular weight is 397 g/mol. The molecule has 136 valence electrons. The second-order valence-corrected chi connectivity index (χ2v) is 8.01. The molecular weight excluding hydrogens is 383 g/mol. The Morgan fingerprint density at radius 3 is 2.62 bits per heavy atom. The number of rotatable bonds is 4. The van der Waals surface area contributed by atoms with Crippen LogP contribution >= 0.6 is 11.6 Å². The molecule has 0 radical (unpaired) electrons. The summed E-state index contributed by atoms with van der Waals surface area (Å²) < 4.78 is 38.3. The number of carbonyl (C=O) groups excluding carboxylic acids is 2. The van der Waals surface area contributed by atoms with Crippen LogP contribution in [0.5, 0.6) is 0 Å². The molecule has 0 spiro atoms. The fraction of sp³-hybridized carbons (Fsp3) is 0.176. The summed E-state index contributed by atoms with van der Waals surface area (Å²) in [5, 5.41) is 2.62. The van der Waals surface area contributed by atoms with Crippen LogP contribution in [0.1, 0.15) is 22.3 Å². The van der Waals surface area contributed by atoms with E-state index < -0.39 is 27.7 Å². The minimum atomic E-state index is -3.75. The average Bonchev–Trinajstić information content (AvgIpc) is 2.87. The lowest BCUT2D eigenvalue weighted by molar-refractivity contribution is -0.116. The first kappa shape index (κ1) is 18.3. The quantitative estimate of drug-likeness (QED) is 0.860. The van der Waals surface area contributed by atoms with E-state index in [1.54, 1.807) is 6.07 Å². The van der Waals surface area contributed by atoms with Gasteiger partial charge in [0, 0.05) is 18.5 Å². The summed E-state index contributed by atoms with van der Waals surface area (Å²) in [6.45, 7) is -0.0625. The number of sulfonamides is 1. The molecule has 2 aromatic rings. The Kier molecular flexibility index (Phi) is 4.97. The molecule has 0 aromatic heterocycles. The summed E-state index contributed by atoms with van der Waals surface area (Å²) in [6, 6.07) is 9.92. The number of amides is 2. The number of anilines is 1. The number of hydrogen-bond acceptors (Lipinski definition) is 4. The molecule has 0 bridgehead atoms. The zero-order valence-corrected chi connectivity index (χ0v) is 15.0. The van der Waals surface area contributed by atoms with Gasteiger partial charge in [-0.15, -0.1) is 0 Å². The summed E-state index contributed by atoms with van der Waals surface area (Å²) in [5.74, 6) is -1.90. The van der Waals surface area contributed by atoms with E-state index in [2.05, 4.69) is 5.32 Å². The lowest BCUT2D eigenvalue weighted by Gasteiger charge is -2.16. The molecule has 2 aromatic carbocycles. The van der Waals surface area contributed by atoms with Gasteiger partial charge in [-0.2, -0.15) is 0 Å². The van der Waals surface area contributed by atoms with E-state index in [1.165, 1.54) is 36.4 Å². The molecule has 1 saturated heterocycles. The number of hydrogen-bond donors (Lipinski definition) is 1. The fourth-order valence-electron chi connectivity index (χ4n) is 2.59. The Labute approximate surface area is 154 Å². The van der Waals surface area contributed by atoms with Crippen LogP contribution in [0, 0.1) is 5.82 Å². The summed E-state index contributed by atoms with van der Waals surface area (Å²) in [5.41, 5.74) is 0.341. The minimum Gasteiger partial charge on any atom is -0.348 e. The molecule has 3 rings (SSSR count). The number of carbonyl (C=O) groups is 2. The zero-order valence-electron chi connectivity index (χ0n) is 13.4. The van der Waals surface area contributed by atoms with Crippen molar-refractivity contribution in [3.63, 3.8) is 0 Å². The van der Waals surface area contributed by atoms with Crippen molar-refractivity contribution < 1.29 is 22.4 Å². The van der Waals surface area contributed by atoms with Crippen molar-refractivity contribution in [2.45, 2.75) is 13.0 Å². The molecule has 1 aliphatic rings. The molecule has 0 unspecified atom stereocenters. The van der Waals surface area contributed by atoms with Gasteiger partial charge in [0.1, 0.15) is 5.82 Å². The molecule has 0 saturated carbocycles. The Morgan fingerprint density at radius 2 is 1.96 bits per heavy atom. The van der Waals surface area contributed by atoms with Gasteiger partial charge in [0.15, 0.2) is 0 Å². The summed E-state index contributed by atoms with van der Waals surface area (Å²) in [6.07, 6.45) is -0.111. The summed E-state index contributed by atoms with van der Waals surface area (Å²) in [4.78, 5) is 24.3. The number of benzene rings is 2. The van der Waals surface area contributed by atoms with Gasteiger partial charge in [0.2, 0.25) is 15.9 Å². The first-order chi connectivity index (χ1) is 12.3. The van der Waals surface area contributed by atoms with E-state index in [1.807, 2.05) is 0 Å². The topological polar surface area (TPSA) is 83.6 Å². The molecule has 26 heavy (non-hydrogen) atoms. The molecule has 9 heteroatoms. The van der Waals surface area contributed by atoms with E-state index in [9.17, 15) is 22.4 Å². The first-order valence-electron chi connectivity index (χ1n) is 7.66. The van der Waals surface area contributed by atoms with Crippen LogP contribution in [0.25, 0.3) is 0 Å². The third-order valence-corrected chi connectivity index (χ3v) is 5.93. The van der Waals surface area contributed by atoms with Crippen LogP contribution in [-0.4, -0.2) is 26.0 Å². The predicted molar refractivity (Wildman–Crippen MR) is 94.9 cm³/mol. The maximum Gasteiger partial charge on any atom is 0.253 e. The van der Waals surface area contributed by atoms with Crippen LogP contribution in [0.15, 0.2) is 42.5 Å². The fourth-order valence-corrected chi connectivity index (χ4v) is 4.25. The second kappa shape index (κ2) is 7.05. The van der Waals surface area contributed by atoms with Crippen molar-refractivity contribution in [2.24, 2.45) is 0 Å². The lowest BCUT2D eigenvalue weighted by atomic mass is 10.1. The SMILES string of the molecule is O=C(NCc1ccccc1F)c1cc(N2C(=O)CCS2(=O)=O)ccc1Cl. The Morgan fingerprint density at radius 1 is 1.23 bits per heavy atom. The van der Waals surface area contributed by atoms with Crippen molar-refractivity contribution >= 4 is 39.1 Å². The molecule has 0 aliphatic carbocycles. The van der Waals surface area contributed by atoms with E-state index in [4.69, 9.17) is 11.6 Å². The van der Waals surface area contributed by atoms with Crippen molar-refractivity contribution in [1.82, 2.24) is 5.32 Å². The normalized spacial score (nSPS) is 15.9. The van der Waals surface area contributed by atoms with Crippen molar-refractivity contribution in [2.75, 3.05) is 10.1 Å². The Bertz CT molecular complexity index is 994. The Balaban J connectivity index is 1.85. The zero-order chi connectivity index (χ0) is 18.9. The lowest BCUT2D eigenvalue weighted by Crippen LogP contribution is -2.30. The smallest absolute Gasteiger partial charge is 0.253 e. The van der Waals surface area contributed by atoms with Gasteiger partial charge in [-0.3, -0.25) is 9.59 Å². The first-order valence-corrected chi connectivity index (χ1v) is 9.65. The van der Waals surface area contributed by atoms with Gasteiger partial charge in [-0.25, -0.2) is 17.1 Å². The van der Waals surface area contributed by atoms with Crippen LogP contribution in [0.2, 0.25) is 5.02 Å². The van der Waals surface area contributed by atoms with Crippen LogP contribution in [-0.2, 0) is 21.4 Å². The molecule has 1 N–H and O–H groups in total. The minimum absolute atomic E-state index is 0.00425. The van der Waals surface area contributed by atoms with Crippen molar-refractivity contribution in [3.05, 3.63) is 64.4 Å². The Hall–Kier alpha value is -2.45. The van der Waals surface area contributed by atoms with Gasteiger partial charge in [-0.1, -0.05) is 29.8 Å². The predicted octanol–water partition coefficient (Wildman–Crippen LogP) is 2.48. The van der Waals surface area contributed by atoms with Crippen molar-refractivity contribution in [1.29, 1.82) is 0 Å². The van der Waals surface area contributed by atoms with Crippen LogP contribution < -0.4 is 9.62 Å². The highest BCUT2D eigenvalue weighted by Crippen LogP contribution is 2.29. The molecule has 0 atom stereocenters. The summed E-state index contributed by atoms with van der Waals surface area (Å²) >= 11 is 6.03. The maximum atomic E-state index is 13.6. The third kappa shape index (κ3) is 3.56. The maximum absolute atomic E-state index is 13.6. The van der Waals surface area contributed by atoms with Crippen LogP contribution in [0.4, 0.5) is 10.1 Å².